The van der Waals surface area contributed by atoms with Crippen LogP contribution in [0.25, 0.3) is 0 Å². The fraction of sp³-hybridized carbons (Fsp3) is 0.364. The van der Waals surface area contributed by atoms with Crippen LogP contribution in [-0.2, 0) is 0 Å². The van der Waals surface area contributed by atoms with Crippen LogP contribution >= 0.6 is 15.9 Å². The molecule has 1 aromatic rings. The van der Waals surface area contributed by atoms with Gasteiger partial charge in [-0.15, -0.1) is 0 Å². The van der Waals surface area contributed by atoms with Crippen molar-refractivity contribution in [2.75, 3.05) is 0 Å². The van der Waals surface area contributed by atoms with Crippen LogP contribution in [0.3, 0.4) is 0 Å². The van der Waals surface area contributed by atoms with Gasteiger partial charge in [0.05, 0.1) is 5.56 Å². The second-order valence-electron chi connectivity index (χ2n) is 3.72. The molecule has 1 saturated carbocycles. The van der Waals surface area contributed by atoms with Gasteiger partial charge in [0, 0.05) is 10.5 Å². The number of hydrogen-bond acceptors (Lipinski definition) is 3. The summed E-state index contributed by atoms with van der Waals surface area (Å²) < 4.78 is 6.45. The first kappa shape index (κ1) is 10.5. The molecule has 0 saturated heterocycles. The van der Waals surface area contributed by atoms with Crippen molar-refractivity contribution in [2.24, 2.45) is 5.73 Å². The average molecular weight is 267 g/mol. The third-order valence-electron chi connectivity index (χ3n) is 2.50. The lowest BCUT2D eigenvalue weighted by molar-refractivity contribution is 0.101. The average Bonchev–Trinajstić information content (AvgIpc) is 2.16. The van der Waals surface area contributed by atoms with Gasteiger partial charge in [0.15, 0.2) is 0 Å². The van der Waals surface area contributed by atoms with Crippen molar-refractivity contribution in [3.8, 4) is 11.8 Å². The predicted octanol–water partition coefficient (Wildman–Crippen LogP) is 2.19. The number of nitriles is 1. The Kier molecular flexibility index (Phi) is 2.94. The van der Waals surface area contributed by atoms with Crippen LogP contribution in [0.1, 0.15) is 18.4 Å². The van der Waals surface area contributed by atoms with Crippen LogP contribution in [0.4, 0.5) is 0 Å². The molecule has 2 N–H and O–H groups in total. The lowest BCUT2D eigenvalue weighted by Gasteiger charge is -2.32. The minimum atomic E-state index is 0.236. The fourth-order valence-corrected chi connectivity index (χ4v) is 2.00. The molecule has 0 bridgehead atoms. The molecule has 0 aromatic heterocycles. The van der Waals surface area contributed by atoms with Gasteiger partial charge in [0.25, 0.3) is 0 Å². The van der Waals surface area contributed by atoms with Gasteiger partial charge in [0.2, 0.25) is 0 Å². The smallest absolute Gasteiger partial charge is 0.120 e. The Bertz CT molecular complexity index is 408. The summed E-state index contributed by atoms with van der Waals surface area (Å²) in [5.74, 6) is 0.790. The Hall–Kier alpha value is -1.05. The highest BCUT2D eigenvalue weighted by Gasteiger charge is 2.27. The first-order chi connectivity index (χ1) is 7.19. The molecule has 3 nitrogen and oxygen atoms in total. The normalized spacial score (nSPS) is 24.1. The zero-order valence-electron chi connectivity index (χ0n) is 8.11. The van der Waals surface area contributed by atoms with Gasteiger partial charge >= 0.3 is 0 Å². The third kappa shape index (κ3) is 2.31. The van der Waals surface area contributed by atoms with Gasteiger partial charge < -0.3 is 10.5 Å². The first-order valence-electron chi connectivity index (χ1n) is 4.81. The molecule has 2 rings (SSSR count). The Morgan fingerprint density at radius 2 is 2.20 bits per heavy atom. The first-order valence-corrected chi connectivity index (χ1v) is 5.60. The van der Waals surface area contributed by atoms with Gasteiger partial charge in [-0.2, -0.15) is 5.26 Å². The van der Waals surface area contributed by atoms with Crippen molar-refractivity contribution in [1.29, 1.82) is 5.26 Å². The molecule has 78 valence electrons. The van der Waals surface area contributed by atoms with Crippen LogP contribution in [0, 0.1) is 11.3 Å². The Morgan fingerprint density at radius 1 is 1.47 bits per heavy atom. The van der Waals surface area contributed by atoms with E-state index >= 15 is 0 Å². The highest BCUT2D eigenvalue weighted by Crippen LogP contribution is 2.27. The summed E-state index contributed by atoms with van der Waals surface area (Å²) >= 11 is 3.32. The summed E-state index contributed by atoms with van der Waals surface area (Å²) in [6, 6.07) is 7.76. The number of benzene rings is 1. The van der Waals surface area contributed by atoms with Crippen molar-refractivity contribution < 1.29 is 4.74 Å². The largest absolute Gasteiger partial charge is 0.490 e. The van der Waals surface area contributed by atoms with Gasteiger partial charge in [-0.3, -0.25) is 0 Å². The van der Waals surface area contributed by atoms with Crippen LogP contribution in [0.15, 0.2) is 22.7 Å². The summed E-state index contributed by atoms with van der Waals surface area (Å²) in [5.41, 5.74) is 6.28. The van der Waals surface area contributed by atoms with Gasteiger partial charge in [0.1, 0.15) is 17.9 Å². The number of hydrogen-bond donors (Lipinski definition) is 1. The maximum absolute atomic E-state index is 8.75. The van der Waals surface area contributed by atoms with E-state index in [0.29, 0.717) is 5.56 Å². The van der Waals surface area contributed by atoms with Gasteiger partial charge in [-0.05, 0) is 47.0 Å². The van der Waals surface area contributed by atoms with E-state index in [9.17, 15) is 0 Å². The zero-order valence-corrected chi connectivity index (χ0v) is 9.70. The summed E-state index contributed by atoms with van der Waals surface area (Å²) in [4.78, 5) is 0. The van der Waals surface area contributed by atoms with E-state index in [-0.39, 0.29) is 12.1 Å². The van der Waals surface area contributed by atoms with Crippen LogP contribution in [0.5, 0.6) is 5.75 Å². The van der Waals surface area contributed by atoms with Gasteiger partial charge in [-0.1, -0.05) is 0 Å². The van der Waals surface area contributed by atoms with E-state index < -0.39 is 0 Å². The molecule has 1 aliphatic carbocycles. The Morgan fingerprint density at radius 3 is 2.73 bits per heavy atom. The molecular weight excluding hydrogens is 256 g/mol. The number of nitrogens with two attached hydrogens (primary N) is 1. The number of nitrogens with zero attached hydrogens (tertiary/aromatic N) is 1. The van der Waals surface area contributed by atoms with E-state index in [4.69, 9.17) is 15.7 Å². The van der Waals surface area contributed by atoms with E-state index in [1.54, 1.807) is 6.07 Å². The molecule has 1 aromatic carbocycles. The van der Waals surface area contributed by atoms with Gasteiger partial charge in [-0.25, -0.2) is 0 Å². The molecule has 0 amide bonds. The molecular formula is C11H11BrN2O. The van der Waals surface area contributed by atoms with E-state index in [0.717, 1.165) is 23.1 Å². The SMILES string of the molecule is N#Cc1ccc(OC2CC(N)C2)cc1Br. The quantitative estimate of drug-likeness (QED) is 0.893. The van der Waals surface area contributed by atoms with Crippen molar-refractivity contribution in [2.45, 2.75) is 25.0 Å². The van der Waals surface area contributed by atoms with E-state index in [2.05, 4.69) is 22.0 Å². The molecule has 0 atom stereocenters. The second kappa shape index (κ2) is 4.21. The molecule has 0 unspecified atom stereocenters. The minimum Gasteiger partial charge on any atom is -0.490 e. The maximum atomic E-state index is 8.75. The lowest BCUT2D eigenvalue weighted by Crippen LogP contribution is -2.43. The molecule has 0 aliphatic heterocycles. The van der Waals surface area contributed by atoms with Crippen molar-refractivity contribution in [3.63, 3.8) is 0 Å². The summed E-state index contributed by atoms with van der Waals surface area (Å²) in [6.07, 6.45) is 2.06. The summed E-state index contributed by atoms with van der Waals surface area (Å²) in [5, 5.41) is 8.75. The third-order valence-corrected chi connectivity index (χ3v) is 3.15. The minimum absolute atomic E-state index is 0.236. The molecule has 4 heteroatoms. The van der Waals surface area contributed by atoms with Crippen LogP contribution in [0.2, 0.25) is 0 Å². The molecule has 1 aliphatic rings. The molecule has 1 fully saturated rings. The number of halogens is 1. The lowest BCUT2D eigenvalue weighted by atomic mass is 9.90. The summed E-state index contributed by atoms with van der Waals surface area (Å²) in [6.45, 7) is 0. The zero-order chi connectivity index (χ0) is 10.8. The highest BCUT2D eigenvalue weighted by molar-refractivity contribution is 9.10. The van der Waals surface area contributed by atoms with Crippen LogP contribution < -0.4 is 10.5 Å². The Balaban J connectivity index is 2.04. The van der Waals surface area contributed by atoms with Crippen molar-refractivity contribution in [1.82, 2.24) is 0 Å². The number of ether oxygens (including phenoxy) is 1. The monoisotopic (exact) mass is 266 g/mol. The van der Waals surface area contributed by atoms with Crippen molar-refractivity contribution in [3.05, 3.63) is 28.2 Å². The maximum Gasteiger partial charge on any atom is 0.120 e. The standard InChI is InChI=1S/C11H11BrN2O/c12-11-5-9(2-1-7(11)6-13)15-10-3-8(14)4-10/h1-2,5,8,10H,3-4,14H2. The molecule has 0 radical (unpaired) electrons. The fourth-order valence-electron chi connectivity index (χ4n) is 1.55. The second-order valence-corrected chi connectivity index (χ2v) is 4.58. The Labute approximate surface area is 97.0 Å². The molecule has 0 spiro atoms. The molecule has 15 heavy (non-hydrogen) atoms. The van der Waals surface area contributed by atoms with Crippen molar-refractivity contribution >= 4 is 15.9 Å². The highest BCUT2D eigenvalue weighted by atomic mass is 79.9. The topological polar surface area (TPSA) is 59.0 Å². The van der Waals surface area contributed by atoms with Crippen LogP contribution in [-0.4, -0.2) is 12.1 Å². The summed E-state index contributed by atoms with van der Waals surface area (Å²) in [7, 11) is 0. The van der Waals surface area contributed by atoms with E-state index in [1.165, 1.54) is 0 Å². The number of rotatable bonds is 2. The molecule has 0 heterocycles. The predicted molar refractivity (Wildman–Crippen MR) is 60.5 cm³/mol. The van der Waals surface area contributed by atoms with E-state index in [1.807, 2.05) is 12.1 Å².